The maximum atomic E-state index is 13.3. The molecule has 3 aromatic rings. The summed E-state index contributed by atoms with van der Waals surface area (Å²) in [6, 6.07) is 7.14. The molecule has 0 saturated carbocycles. The van der Waals surface area contributed by atoms with Crippen LogP contribution in [0.25, 0.3) is 0 Å². The zero-order chi connectivity index (χ0) is 24.1. The van der Waals surface area contributed by atoms with Gasteiger partial charge in [-0.1, -0.05) is 19.1 Å². The van der Waals surface area contributed by atoms with Crippen molar-refractivity contribution in [2.45, 2.75) is 31.8 Å². The Kier molecular flexibility index (Phi) is 7.43. The van der Waals surface area contributed by atoms with Gasteiger partial charge in [-0.3, -0.25) is 0 Å². The highest BCUT2D eigenvalue weighted by Gasteiger charge is 2.35. The molecular weight excluding hydrogens is 461 g/mol. The first-order valence-corrected chi connectivity index (χ1v) is 11.4. The smallest absolute Gasteiger partial charge is 0.439 e. The number of rotatable bonds is 9. The Morgan fingerprint density at radius 3 is 2.27 bits per heavy atom. The average molecular weight is 482 g/mol. The lowest BCUT2D eigenvalue weighted by atomic mass is 10.2. The summed E-state index contributed by atoms with van der Waals surface area (Å²) in [5.41, 5.74) is 1.42. The quantitative estimate of drug-likeness (QED) is 0.477. The van der Waals surface area contributed by atoms with E-state index in [0.29, 0.717) is 5.56 Å². The normalized spacial score (nSPS) is 11.9. The summed E-state index contributed by atoms with van der Waals surface area (Å²) in [7, 11) is -2.15. The second kappa shape index (κ2) is 10.1. The molecule has 0 bridgehead atoms. The molecule has 0 spiro atoms. The van der Waals surface area contributed by atoms with E-state index < -0.39 is 22.0 Å². The third kappa shape index (κ3) is 7.08. The number of sulfonamides is 1. The Morgan fingerprint density at radius 1 is 1.03 bits per heavy atom. The molecule has 2 N–H and O–H groups in total. The number of aromatic nitrogens is 4. The maximum Gasteiger partial charge on any atom is 0.451 e. The Balaban J connectivity index is 1.78. The number of alkyl halides is 3. The van der Waals surface area contributed by atoms with Crippen molar-refractivity contribution in [1.82, 2.24) is 24.7 Å². The van der Waals surface area contributed by atoms with Crippen LogP contribution in [0.1, 0.15) is 29.6 Å². The average Bonchev–Trinajstić information content (AvgIpc) is 2.78. The lowest BCUT2D eigenvalue weighted by molar-refractivity contribution is -0.145. The van der Waals surface area contributed by atoms with Crippen molar-refractivity contribution in [3.8, 4) is 11.6 Å². The fourth-order valence-corrected chi connectivity index (χ4v) is 3.38. The lowest BCUT2D eigenvalue weighted by Gasteiger charge is -2.12. The number of halogens is 3. The summed E-state index contributed by atoms with van der Waals surface area (Å²) in [6.45, 7) is 1.86. The van der Waals surface area contributed by atoms with Gasteiger partial charge in [0.1, 0.15) is 5.75 Å². The van der Waals surface area contributed by atoms with Crippen LogP contribution in [0, 0.1) is 0 Å². The SMILES string of the molecule is CCc1cnc(NCc2cc(Oc3ccc(CS(=O)(=O)NC)cc3)nc(C(F)(F)F)n2)nc1. The molecule has 2 heterocycles. The van der Waals surface area contributed by atoms with Gasteiger partial charge in [-0.25, -0.2) is 28.1 Å². The van der Waals surface area contributed by atoms with E-state index in [4.69, 9.17) is 4.74 Å². The molecule has 0 fully saturated rings. The Hall–Kier alpha value is -3.32. The van der Waals surface area contributed by atoms with Gasteiger partial charge >= 0.3 is 6.18 Å². The minimum atomic E-state index is -4.78. The molecule has 9 nitrogen and oxygen atoms in total. The van der Waals surface area contributed by atoms with E-state index in [1.807, 2.05) is 6.92 Å². The zero-order valence-corrected chi connectivity index (χ0v) is 18.5. The van der Waals surface area contributed by atoms with Gasteiger partial charge in [0.2, 0.25) is 27.7 Å². The highest BCUT2D eigenvalue weighted by atomic mass is 32.2. The van der Waals surface area contributed by atoms with Crippen molar-refractivity contribution in [1.29, 1.82) is 0 Å². The summed E-state index contributed by atoms with van der Waals surface area (Å²) < 4.78 is 70.8. The number of nitrogens with one attached hydrogen (secondary N) is 2. The van der Waals surface area contributed by atoms with Gasteiger partial charge in [0.15, 0.2) is 0 Å². The van der Waals surface area contributed by atoms with E-state index in [2.05, 4.69) is 30.0 Å². The fraction of sp³-hybridized carbons (Fsp3) is 0.300. The summed E-state index contributed by atoms with van der Waals surface area (Å²) in [4.78, 5) is 15.2. The first-order valence-electron chi connectivity index (χ1n) is 9.76. The minimum Gasteiger partial charge on any atom is -0.439 e. The third-order valence-electron chi connectivity index (χ3n) is 4.36. The predicted octanol–water partition coefficient (Wildman–Crippen LogP) is 3.30. The molecule has 13 heteroatoms. The van der Waals surface area contributed by atoms with Crippen molar-refractivity contribution in [3.63, 3.8) is 0 Å². The van der Waals surface area contributed by atoms with E-state index in [9.17, 15) is 21.6 Å². The maximum absolute atomic E-state index is 13.3. The Bertz CT molecular complexity index is 1190. The van der Waals surface area contributed by atoms with Crippen LogP contribution in [0.4, 0.5) is 19.1 Å². The number of hydrogen-bond donors (Lipinski definition) is 2. The summed E-state index contributed by atoms with van der Waals surface area (Å²) in [6.07, 6.45) is -0.778. The number of hydrogen-bond acceptors (Lipinski definition) is 8. The molecule has 0 saturated heterocycles. The molecule has 0 atom stereocenters. The van der Waals surface area contributed by atoms with Crippen molar-refractivity contribution >= 4 is 16.0 Å². The largest absolute Gasteiger partial charge is 0.451 e. The van der Waals surface area contributed by atoms with Crippen LogP contribution in [-0.2, 0) is 34.9 Å². The Labute approximate surface area is 188 Å². The second-order valence-electron chi connectivity index (χ2n) is 6.85. The molecule has 176 valence electrons. The molecule has 3 rings (SSSR count). The van der Waals surface area contributed by atoms with E-state index in [1.165, 1.54) is 37.4 Å². The van der Waals surface area contributed by atoms with Crippen LogP contribution in [0.3, 0.4) is 0 Å². The highest BCUT2D eigenvalue weighted by Crippen LogP contribution is 2.29. The standard InChI is InChI=1S/C20H21F3N6O3S/c1-3-13-9-25-19(26-10-13)27-11-15-8-17(29-18(28-15)20(21,22)23)32-16-6-4-14(5-7-16)12-33(30,31)24-2/h4-10,24H,3,11-12H2,1-2H3,(H,25,26,27). The predicted molar refractivity (Wildman–Crippen MR) is 114 cm³/mol. The topological polar surface area (TPSA) is 119 Å². The molecule has 0 amide bonds. The van der Waals surface area contributed by atoms with Crippen molar-refractivity contribution in [2.75, 3.05) is 12.4 Å². The fourth-order valence-electron chi connectivity index (χ4n) is 2.61. The van der Waals surface area contributed by atoms with Gasteiger partial charge < -0.3 is 10.1 Å². The van der Waals surface area contributed by atoms with Gasteiger partial charge in [0.05, 0.1) is 18.0 Å². The molecule has 1 aromatic carbocycles. The second-order valence-corrected chi connectivity index (χ2v) is 8.78. The van der Waals surface area contributed by atoms with E-state index >= 15 is 0 Å². The third-order valence-corrected chi connectivity index (χ3v) is 5.70. The van der Waals surface area contributed by atoms with Crippen LogP contribution in [0.15, 0.2) is 42.7 Å². The van der Waals surface area contributed by atoms with Crippen molar-refractivity contribution < 1.29 is 26.3 Å². The zero-order valence-electron chi connectivity index (χ0n) is 17.7. The number of nitrogens with zero attached hydrogens (tertiary/aromatic N) is 4. The van der Waals surface area contributed by atoms with Gasteiger partial charge in [-0.05, 0) is 36.7 Å². The monoisotopic (exact) mass is 482 g/mol. The van der Waals surface area contributed by atoms with E-state index in [0.717, 1.165) is 12.0 Å². The number of benzene rings is 1. The van der Waals surface area contributed by atoms with E-state index in [1.54, 1.807) is 12.4 Å². The van der Waals surface area contributed by atoms with Gasteiger partial charge in [0, 0.05) is 18.5 Å². The number of anilines is 1. The first kappa shape index (κ1) is 24.3. The van der Waals surface area contributed by atoms with E-state index in [-0.39, 0.29) is 35.6 Å². The van der Waals surface area contributed by atoms with Crippen molar-refractivity contribution in [3.05, 3.63) is 65.4 Å². The minimum absolute atomic E-state index is 0.0206. The lowest BCUT2D eigenvalue weighted by Crippen LogP contribution is -2.20. The molecule has 33 heavy (non-hydrogen) atoms. The van der Waals surface area contributed by atoms with Crippen LogP contribution < -0.4 is 14.8 Å². The van der Waals surface area contributed by atoms with Crippen LogP contribution in [0.5, 0.6) is 11.6 Å². The van der Waals surface area contributed by atoms with Crippen LogP contribution in [-0.4, -0.2) is 35.4 Å². The molecule has 0 aliphatic heterocycles. The van der Waals surface area contributed by atoms with Gasteiger partial charge in [-0.15, -0.1) is 0 Å². The first-order chi connectivity index (χ1) is 15.6. The number of ether oxygens (including phenoxy) is 1. The summed E-state index contributed by atoms with van der Waals surface area (Å²) in [5.74, 6) is -1.48. The summed E-state index contributed by atoms with van der Waals surface area (Å²) >= 11 is 0. The van der Waals surface area contributed by atoms with Crippen molar-refractivity contribution in [2.24, 2.45) is 0 Å². The molecule has 0 unspecified atom stereocenters. The molecule has 0 aliphatic carbocycles. The summed E-state index contributed by atoms with van der Waals surface area (Å²) in [5, 5.41) is 2.82. The molecule has 0 aliphatic rings. The number of aryl methyl sites for hydroxylation is 1. The van der Waals surface area contributed by atoms with Gasteiger partial charge in [-0.2, -0.15) is 18.2 Å². The van der Waals surface area contributed by atoms with Crippen LogP contribution >= 0.6 is 0 Å². The molecular formula is C20H21F3N6O3S. The Morgan fingerprint density at radius 2 is 1.70 bits per heavy atom. The van der Waals surface area contributed by atoms with Crippen LogP contribution in [0.2, 0.25) is 0 Å². The highest BCUT2D eigenvalue weighted by molar-refractivity contribution is 7.88. The van der Waals surface area contributed by atoms with Gasteiger partial charge in [0.25, 0.3) is 0 Å². The molecule has 0 radical (unpaired) electrons. The molecule has 2 aromatic heterocycles.